The third-order valence-corrected chi connectivity index (χ3v) is 4.80. The fraction of sp³-hybridized carbons (Fsp3) is 0.143. The highest BCUT2D eigenvalue weighted by atomic mass is 16.5. The molecular weight excluding hydrogens is 368 g/mol. The first kappa shape index (κ1) is 17.2. The molecule has 1 N–H and O–H groups in total. The SMILES string of the molecule is COc1ccc(-c2nc3c4cnn(-c5cc(C)cc(C)c5)c4ncn3n2)c(O)c1. The van der Waals surface area contributed by atoms with E-state index in [2.05, 4.69) is 52.2 Å². The van der Waals surface area contributed by atoms with Gasteiger partial charge in [-0.1, -0.05) is 6.07 Å². The van der Waals surface area contributed by atoms with Gasteiger partial charge in [-0.3, -0.25) is 0 Å². The van der Waals surface area contributed by atoms with E-state index in [0.717, 1.165) is 22.2 Å². The molecule has 3 heterocycles. The summed E-state index contributed by atoms with van der Waals surface area (Å²) in [4.78, 5) is 9.17. The Kier molecular flexibility index (Phi) is 3.73. The summed E-state index contributed by atoms with van der Waals surface area (Å²) in [5.41, 5.74) is 5.09. The average Bonchev–Trinajstić information content (AvgIpc) is 3.30. The molecule has 0 aliphatic rings. The molecule has 0 fully saturated rings. The van der Waals surface area contributed by atoms with Gasteiger partial charge in [-0.05, 0) is 49.2 Å². The van der Waals surface area contributed by atoms with Gasteiger partial charge in [0.15, 0.2) is 17.1 Å². The van der Waals surface area contributed by atoms with Gasteiger partial charge >= 0.3 is 0 Å². The zero-order valence-electron chi connectivity index (χ0n) is 16.2. The maximum atomic E-state index is 10.3. The topological polar surface area (TPSA) is 90.4 Å². The largest absolute Gasteiger partial charge is 0.507 e. The van der Waals surface area contributed by atoms with Crippen LogP contribution in [0.2, 0.25) is 0 Å². The zero-order valence-corrected chi connectivity index (χ0v) is 16.2. The Morgan fingerprint density at radius 1 is 1.00 bits per heavy atom. The standard InChI is InChI=1S/C21H18N6O2/c1-12-6-13(2)8-14(7-12)27-20-17(10-23-27)21-24-19(25-26(21)11-22-20)16-5-4-15(29-3)9-18(16)28/h4-11,28H,1-3H3. The van der Waals surface area contributed by atoms with Crippen LogP contribution in [0.3, 0.4) is 0 Å². The molecule has 8 heteroatoms. The van der Waals surface area contributed by atoms with E-state index in [-0.39, 0.29) is 5.75 Å². The Morgan fingerprint density at radius 2 is 1.79 bits per heavy atom. The smallest absolute Gasteiger partial charge is 0.185 e. The van der Waals surface area contributed by atoms with Gasteiger partial charge in [-0.25, -0.2) is 19.2 Å². The number of benzene rings is 2. The van der Waals surface area contributed by atoms with Gasteiger partial charge in [0.25, 0.3) is 0 Å². The molecule has 8 nitrogen and oxygen atoms in total. The third kappa shape index (κ3) is 2.77. The van der Waals surface area contributed by atoms with Crippen LogP contribution in [0.4, 0.5) is 0 Å². The highest BCUT2D eigenvalue weighted by Crippen LogP contribution is 2.31. The minimum atomic E-state index is 0.0513. The molecule has 0 saturated carbocycles. The van der Waals surface area contributed by atoms with Crippen LogP contribution in [0, 0.1) is 13.8 Å². The van der Waals surface area contributed by atoms with Crippen LogP contribution in [0.5, 0.6) is 11.5 Å². The van der Waals surface area contributed by atoms with Crippen molar-refractivity contribution in [2.24, 2.45) is 0 Å². The number of phenols is 1. The molecule has 0 saturated heterocycles. The van der Waals surface area contributed by atoms with Gasteiger partial charge < -0.3 is 9.84 Å². The Bertz CT molecular complexity index is 1360. The highest BCUT2D eigenvalue weighted by Gasteiger charge is 2.16. The van der Waals surface area contributed by atoms with Crippen LogP contribution in [0.15, 0.2) is 48.9 Å². The van der Waals surface area contributed by atoms with Crippen LogP contribution < -0.4 is 4.74 Å². The molecular formula is C21H18N6O2. The Morgan fingerprint density at radius 3 is 2.52 bits per heavy atom. The fourth-order valence-electron chi connectivity index (χ4n) is 3.52. The van der Waals surface area contributed by atoms with E-state index in [1.54, 1.807) is 41.0 Å². The summed E-state index contributed by atoms with van der Waals surface area (Å²) in [6.45, 7) is 4.11. The number of rotatable bonds is 3. The third-order valence-electron chi connectivity index (χ3n) is 4.80. The number of aromatic nitrogens is 6. The van der Waals surface area contributed by atoms with Crippen molar-refractivity contribution in [3.63, 3.8) is 0 Å². The summed E-state index contributed by atoms with van der Waals surface area (Å²) >= 11 is 0. The van der Waals surface area contributed by atoms with Crippen molar-refractivity contribution >= 4 is 16.7 Å². The lowest BCUT2D eigenvalue weighted by molar-refractivity contribution is 0.408. The van der Waals surface area contributed by atoms with Crippen molar-refractivity contribution in [1.29, 1.82) is 0 Å². The number of methoxy groups -OCH3 is 1. The number of nitrogens with zero attached hydrogens (tertiary/aromatic N) is 6. The van der Waals surface area contributed by atoms with E-state index >= 15 is 0 Å². The molecule has 0 radical (unpaired) electrons. The van der Waals surface area contributed by atoms with Gasteiger partial charge in [0.2, 0.25) is 0 Å². The molecule has 5 rings (SSSR count). The molecule has 0 amide bonds. The monoisotopic (exact) mass is 386 g/mol. The van der Waals surface area contributed by atoms with Crippen molar-refractivity contribution in [2.75, 3.05) is 7.11 Å². The number of aryl methyl sites for hydroxylation is 2. The number of hydrogen-bond acceptors (Lipinski definition) is 6. The first-order valence-corrected chi connectivity index (χ1v) is 9.08. The predicted molar refractivity (Wildman–Crippen MR) is 109 cm³/mol. The van der Waals surface area contributed by atoms with Gasteiger partial charge in [0.05, 0.1) is 29.9 Å². The minimum absolute atomic E-state index is 0.0513. The second kappa shape index (κ2) is 6.30. The van der Waals surface area contributed by atoms with Crippen LogP contribution >= 0.6 is 0 Å². The zero-order chi connectivity index (χ0) is 20.1. The molecule has 144 valence electrons. The number of hydrogen-bond donors (Lipinski definition) is 1. The summed E-state index contributed by atoms with van der Waals surface area (Å²) in [6, 6.07) is 11.3. The van der Waals surface area contributed by atoms with Gasteiger partial charge in [0.1, 0.15) is 17.8 Å². The lowest BCUT2D eigenvalue weighted by Crippen LogP contribution is -2.00. The van der Waals surface area contributed by atoms with Crippen LogP contribution in [0.1, 0.15) is 11.1 Å². The number of ether oxygens (including phenoxy) is 1. The second-order valence-electron chi connectivity index (χ2n) is 6.97. The number of fused-ring (bicyclic) bond motifs is 3. The van der Waals surface area contributed by atoms with Crippen molar-refractivity contribution in [3.05, 3.63) is 60.0 Å². The maximum Gasteiger partial charge on any atom is 0.185 e. The quantitative estimate of drug-likeness (QED) is 0.511. The summed E-state index contributed by atoms with van der Waals surface area (Å²) < 4.78 is 8.53. The normalized spacial score (nSPS) is 11.4. The minimum Gasteiger partial charge on any atom is -0.507 e. The van der Waals surface area contributed by atoms with Gasteiger partial charge in [-0.2, -0.15) is 5.10 Å². The van der Waals surface area contributed by atoms with E-state index in [1.807, 2.05) is 0 Å². The first-order chi connectivity index (χ1) is 14.0. The molecule has 0 unspecified atom stereocenters. The van der Waals surface area contributed by atoms with E-state index < -0.39 is 0 Å². The molecule has 2 aromatic carbocycles. The van der Waals surface area contributed by atoms with Crippen molar-refractivity contribution in [1.82, 2.24) is 29.4 Å². The second-order valence-corrected chi connectivity index (χ2v) is 6.97. The van der Waals surface area contributed by atoms with E-state index in [9.17, 15) is 5.11 Å². The Balaban J connectivity index is 1.68. The molecule has 29 heavy (non-hydrogen) atoms. The molecule has 0 aliphatic carbocycles. The fourth-order valence-corrected chi connectivity index (χ4v) is 3.52. The number of aromatic hydroxyl groups is 1. The van der Waals surface area contributed by atoms with Gasteiger partial charge in [0, 0.05) is 6.07 Å². The van der Waals surface area contributed by atoms with Crippen LogP contribution in [0.25, 0.3) is 33.8 Å². The Labute approximate surface area is 166 Å². The molecule has 0 spiro atoms. The van der Waals surface area contributed by atoms with E-state index in [4.69, 9.17) is 4.74 Å². The van der Waals surface area contributed by atoms with E-state index in [0.29, 0.717) is 28.4 Å². The average molecular weight is 386 g/mol. The lowest BCUT2D eigenvalue weighted by Gasteiger charge is -2.06. The summed E-state index contributed by atoms with van der Waals surface area (Å²) in [7, 11) is 1.55. The number of phenolic OH excluding ortho intramolecular Hbond substituents is 1. The van der Waals surface area contributed by atoms with E-state index in [1.165, 1.54) is 6.07 Å². The van der Waals surface area contributed by atoms with Crippen molar-refractivity contribution < 1.29 is 9.84 Å². The molecule has 3 aromatic heterocycles. The van der Waals surface area contributed by atoms with Crippen molar-refractivity contribution in [2.45, 2.75) is 13.8 Å². The summed E-state index contributed by atoms with van der Waals surface area (Å²) in [5, 5.41) is 20.1. The molecule has 0 bridgehead atoms. The van der Waals surface area contributed by atoms with Crippen molar-refractivity contribution in [3.8, 4) is 28.6 Å². The first-order valence-electron chi connectivity index (χ1n) is 9.08. The van der Waals surface area contributed by atoms with Crippen LogP contribution in [-0.2, 0) is 0 Å². The van der Waals surface area contributed by atoms with Gasteiger partial charge in [-0.15, -0.1) is 5.10 Å². The lowest BCUT2D eigenvalue weighted by atomic mass is 10.1. The Hall–Kier alpha value is -3.94. The highest BCUT2D eigenvalue weighted by molar-refractivity contribution is 5.90. The summed E-state index contributed by atoms with van der Waals surface area (Å²) in [5.74, 6) is 1.02. The van der Waals surface area contributed by atoms with Crippen LogP contribution in [-0.4, -0.2) is 41.6 Å². The molecule has 0 aliphatic heterocycles. The molecule has 0 atom stereocenters. The maximum absolute atomic E-state index is 10.3. The predicted octanol–water partition coefficient (Wildman–Crippen LogP) is 3.46. The summed E-state index contributed by atoms with van der Waals surface area (Å²) in [6.07, 6.45) is 3.34. The molecule has 5 aromatic rings.